The molecule has 0 saturated heterocycles. The van der Waals surface area contributed by atoms with Gasteiger partial charge < -0.3 is 5.11 Å². The molecule has 0 aromatic carbocycles. The van der Waals surface area contributed by atoms with Crippen LogP contribution in [0.3, 0.4) is 0 Å². The van der Waals surface area contributed by atoms with Gasteiger partial charge in [-0.05, 0) is 11.6 Å². The van der Waals surface area contributed by atoms with E-state index >= 15 is 0 Å². The van der Waals surface area contributed by atoms with E-state index in [1.165, 1.54) is 11.7 Å². The van der Waals surface area contributed by atoms with E-state index in [2.05, 4.69) is 10.3 Å². The van der Waals surface area contributed by atoms with Crippen molar-refractivity contribution in [2.45, 2.75) is 19.8 Å². The Morgan fingerprint density at radius 2 is 2.29 bits per heavy atom. The van der Waals surface area contributed by atoms with E-state index in [1.807, 2.05) is 6.92 Å². The fourth-order valence-corrected chi connectivity index (χ4v) is 1.31. The Morgan fingerprint density at radius 1 is 1.64 bits per heavy atom. The van der Waals surface area contributed by atoms with E-state index in [0.717, 1.165) is 6.42 Å². The third-order valence-corrected chi connectivity index (χ3v) is 1.87. The molecule has 0 aliphatic carbocycles. The zero-order valence-corrected chi connectivity index (χ0v) is 8.02. The summed E-state index contributed by atoms with van der Waals surface area (Å²) in [5.74, 6) is -1.18. The Hall–Kier alpha value is -1.72. The number of carboxylic acid groups (broad SMARTS) is 1. The fourth-order valence-electron chi connectivity index (χ4n) is 1.31. The molecule has 76 valence electrons. The van der Waals surface area contributed by atoms with Crippen LogP contribution in [0, 0.1) is 4.91 Å². The van der Waals surface area contributed by atoms with Gasteiger partial charge in [0, 0.05) is 7.05 Å². The summed E-state index contributed by atoms with van der Waals surface area (Å²) in [5.41, 5.74) is 0.243. The highest BCUT2D eigenvalue weighted by Crippen LogP contribution is 2.24. The Bertz CT molecular complexity index is 370. The second-order valence-electron chi connectivity index (χ2n) is 2.91. The van der Waals surface area contributed by atoms with Crippen LogP contribution in [0.25, 0.3) is 0 Å². The number of aromatic carboxylic acids is 1. The molecule has 14 heavy (non-hydrogen) atoms. The molecule has 1 N–H and O–H groups in total. The second-order valence-corrected chi connectivity index (χ2v) is 2.91. The van der Waals surface area contributed by atoms with E-state index < -0.39 is 5.97 Å². The number of hydrogen-bond donors (Lipinski definition) is 1. The summed E-state index contributed by atoms with van der Waals surface area (Å²) in [5, 5.41) is 15.5. The Labute approximate surface area is 80.5 Å². The minimum absolute atomic E-state index is 0.0538. The number of carbonyl (C=O) groups is 1. The number of hydrogen-bond acceptors (Lipinski definition) is 4. The first-order valence-electron chi connectivity index (χ1n) is 4.24. The molecule has 0 aliphatic rings. The number of rotatable bonds is 4. The van der Waals surface area contributed by atoms with Gasteiger partial charge in [0.05, 0.1) is 5.69 Å². The average Bonchev–Trinajstić information content (AvgIpc) is 2.42. The monoisotopic (exact) mass is 197 g/mol. The molecule has 0 atom stereocenters. The largest absolute Gasteiger partial charge is 0.476 e. The molecule has 1 rings (SSSR count). The van der Waals surface area contributed by atoms with Crippen LogP contribution in [0.2, 0.25) is 0 Å². The summed E-state index contributed by atoms with van der Waals surface area (Å²) < 4.78 is 1.17. The standard InChI is InChI=1S/C8H11N3O3/c1-3-4-5-6(10-14)7(8(12)13)11(2)9-5/h3-4H2,1-2H3,(H,12,13). The van der Waals surface area contributed by atoms with Crippen LogP contribution >= 0.6 is 0 Å². The lowest BCUT2D eigenvalue weighted by Gasteiger charge is -1.93. The third-order valence-electron chi connectivity index (χ3n) is 1.87. The molecule has 1 aromatic rings. The van der Waals surface area contributed by atoms with E-state index in [-0.39, 0.29) is 11.4 Å². The van der Waals surface area contributed by atoms with Crippen LogP contribution in [0.5, 0.6) is 0 Å². The predicted molar refractivity (Wildman–Crippen MR) is 49.6 cm³/mol. The van der Waals surface area contributed by atoms with Crippen molar-refractivity contribution in [2.24, 2.45) is 12.2 Å². The molecule has 0 amide bonds. The molecule has 6 nitrogen and oxygen atoms in total. The SMILES string of the molecule is CCCc1nn(C)c(C(=O)O)c1N=O. The van der Waals surface area contributed by atoms with Gasteiger partial charge in [-0.1, -0.05) is 13.3 Å². The molecular formula is C8H11N3O3. The van der Waals surface area contributed by atoms with E-state index in [4.69, 9.17) is 5.11 Å². The Morgan fingerprint density at radius 3 is 2.71 bits per heavy atom. The van der Waals surface area contributed by atoms with Crippen molar-refractivity contribution in [3.63, 3.8) is 0 Å². The van der Waals surface area contributed by atoms with Crippen LogP contribution in [0.1, 0.15) is 29.5 Å². The van der Waals surface area contributed by atoms with Gasteiger partial charge in [-0.15, -0.1) is 4.91 Å². The van der Waals surface area contributed by atoms with Crippen LogP contribution in [-0.4, -0.2) is 20.9 Å². The summed E-state index contributed by atoms with van der Waals surface area (Å²) in [6, 6.07) is 0. The topological polar surface area (TPSA) is 84.6 Å². The maximum absolute atomic E-state index is 10.8. The smallest absolute Gasteiger partial charge is 0.356 e. The average molecular weight is 197 g/mol. The highest BCUT2D eigenvalue weighted by atomic mass is 16.4. The minimum Gasteiger partial charge on any atom is -0.476 e. The molecule has 0 unspecified atom stereocenters. The first-order chi connectivity index (χ1) is 6.61. The Kier molecular flexibility index (Phi) is 2.95. The maximum Gasteiger partial charge on any atom is 0.356 e. The number of aryl methyl sites for hydroxylation is 2. The number of carboxylic acids is 1. The van der Waals surface area contributed by atoms with Gasteiger partial charge in [0.25, 0.3) is 0 Å². The molecule has 0 aliphatic heterocycles. The lowest BCUT2D eigenvalue weighted by molar-refractivity contribution is 0.0686. The van der Waals surface area contributed by atoms with Gasteiger partial charge in [0.1, 0.15) is 0 Å². The van der Waals surface area contributed by atoms with Crippen LogP contribution in [0.15, 0.2) is 5.18 Å². The molecule has 0 fully saturated rings. The lowest BCUT2D eigenvalue weighted by Crippen LogP contribution is -2.05. The quantitative estimate of drug-likeness (QED) is 0.740. The van der Waals surface area contributed by atoms with Gasteiger partial charge in [-0.3, -0.25) is 4.68 Å². The Balaban J connectivity index is 3.27. The van der Waals surface area contributed by atoms with Gasteiger partial charge >= 0.3 is 5.97 Å². The van der Waals surface area contributed by atoms with Gasteiger partial charge in [0.15, 0.2) is 11.4 Å². The lowest BCUT2D eigenvalue weighted by atomic mass is 10.2. The van der Waals surface area contributed by atoms with Gasteiger partial charge in [0.2, 0.25) is 0 Å². The van der Waals surface area contributed by atoms with Gasteiger partial charge in [-0.2, -0.15) is 5.10 Å². The van der Waals surface area contributed by atoms with Crippen molar-refractivity contribution >= 4 is 11.7 Å². The highest BCUT2D eigenvalue weighted by molar-refractivity contribution is 5.92. The van der Waals surface area contributed by atoms with Crippen molar-refractivity contribution in [1.29, 1.82) is 0 Å². The van der Waals surface area contributed by atoms with E-state index in [9.17, 15) is 9.70 Å². The second kappa shape index (κ2) is 3.99. The molecule has 1 aromatic heterocycles. The van der Waals surface area contributed by atoms with Crippen molar-refractivity contribution in [3.05, 3.63) is 16.3 Å². The van der Waals surface area contributed by atoms with Crippen molar-refractivity contribution in [3.8, 4) is 0 Å². The predicted octanol–water partition coefficient (Wildman–Crippen LogP) is 1.47. The summed E-state index contributed by atoms with van der Waals surface area (Å²) in [4.78, 5) is 21.2. The van der Waals surface area contributed by atoms with Gasteiger partial charge in [-0.25, -0.2) is 4.79 Å². The highest BCUT2D eigenvalue weighted by Gasteiger charge is 2.21. The third kappa shape index (κ3) is 1.63. The first-order valence-corrected chi connectivity index (χ1v) is 4.24. The zero-order chi connectivity index (χ0) is 10.7. The first kappa shape index (κ1) is 10.4. The summed E-state index contributed by atoms with van der Waals surface area (Å²) in [7, 11) is 1.48. The molecule has 0 spiro atoms. The van der Waals surface area contributed by atoms with Crippen molar-refractivity contribution < 1.29 is 9.90 Å². The van der Waals surface area contributed by atoms with Crippen LogP contribution in [0.4, 0.5) is 5.69 Å². The van der Waals surface area contributed by atoms with E-state index in [1.54, 1.807) is 0 Å². The summed E-state index contributed by atoms with van der Waals surface area (Å²) >= 11 is 0. The molecular weight excluding hydrogens is 186 g/mol. The molecule has 6 heteroatoms. The summed E-state index contributed by atoms with van der Waals surface area (Å²) in [6.07, 6.45) is 1.35. The molecule has 0 radical (unpaired) electrons. The summed E-state index contributed by atoms with van der Waals surface area (Å²) in [6.45, 7) is 1.92. The molecule has 0 bridgehead atoms. The molecule has 1 heterocycles. The van der Waals surface area contributed by atoms with E-state index in [0.29, 0.717) is 12.1 Å². The van der Waals surface area contributed by atoms with Crippen molar-refractivity contribution in [2.75, 3.05) is 0 Å². The van der Waals surface area contributed by atoms with Crippen LogP contribution < -0.4 is 0 Å². The zero-order valence-electron chi connectivity index (χ0n) is 8.02. The fraction of sp³-hybridized carbons (Fsp3) is 0.500. The number of nitroso groups, excluding NO2 is 1. The minimum atomic E-state index is -1.18. The maximum atomic E-state index is 10.8. The number of aromatic nitrogens is 2. The normalized spacial score (nSPS) is 10.1. The number of nitrogens with zero attached hydrogens (tertiary/aromatic N) is 3. The van der Waals surface area contributed by atoms with Crippen molar-refractivity contribution in [1.82, 2.24) is 9.78 Å². The molecule has 0 saturated carbocycles. The van der Waals surface area contributed by atoms with Crippen LogP contribution in [-0.2, 0) is 13.5 Å².